The van der Waals surface area contributed by atoms with Crippen LogP contribution in [0.25, 0.3) is 0 Å². The Morgan fingerprint density at radius 2 is 1.50 bits per heavy atom. The highest BCUT2D eigenvalue weighted by molar-refractivity contribution is 5.25. The fourth-order valence-corrected chi connectivity index (χ4v) is 2.73. The lowest BCUT2D eigenvalue weighted by Crippen LogP contribution is -2.39. The molecule has 1 rings (SSSR count). The number of nitrogens with zero attached hydrogens (tertiary/aromatic N) is 1. The molecule has 2 nitrogen and oxygen atoms in total. The summed E-state index contributed by atoms with van der Waals surface area (Å²) in [5.74, 6) is 0. The van der Waals surface area contributed by atoms with Gasteiger partial charge in [0.2, 0.25) is 0 Å². The molecule has 114 valence electrons. The van der Waals surface area contributed by atoms with Crippen molar-refractivity contribution in [2.45, 2.75) is 58.6 Å². The van der Waals surface area contributed by atoms with Gasteiger partial charge in [0, 0.05) is 5.56 Å². The normalized spacial score (nSPS) is 11.8. The zero-order valence-electron chi connectivity index (χ0n) is 13.6. The zero-order valence-corrected chi connectivity index (χ0v) is 13.6. The van der Waals surface area contributed by atoms with E-state index in [1.807, 2.05) is 12.1 Å². The first-order valence-electron chi connectivity index (χ1n) is 8.08. The van der Waals surface area contributed by atoms with Gasteiger partial charge in [-0.1, -0.05) is 56.9 Å². The molecule has 0 heterocycles. The van der Waals surface area contributed by atoms with Crippen molar-refractivity contribution in [2.75, 3.05) is 20.6 Å². The lowest BCUT2D eigenvalue weighted by molar-refractivity contribution is -0.903. The Kier molecular flexibility index (Phi) is 7.86. The fraction of sp³-hybridized carbons (Fsp3) is 0.667. The highest BCUT2D eigenvalue weighted by Crippen LogP contribution is 2.16. The second kappa shape index (κ2) is 9.15. The van der Waals surface area contributed by atoms with Crippen LogP contribution in [0.3, 0.4) is 0 Å². The van der Waals surface area contributed by atoms with Crippen molar-refractivity contribution in [3.63, 3.8) is 0 Å². The van der Waals surface area contributed by atoms with Crippen LogP contribution in [-0.2, 0) is 13.2 Å². The number of hydrogen-bond acceptors (Lipinski definition) is 1. The molecule has 1 aromatic carbocycles. The smallest absolute Gasteiger partial charge is 0.104 e. The Morgan fingerprint density at radius 1 is 0.900 bits per heavy atom. The average Bonchev–Trinajstić information content (AvgIpc) is 2.43. The quantitative estimate of drug-likeness (QED) is 0.504. The second-order valence-electron chi connectivity index (χ2n) is 6.51. The SMILES string of the molecule is CCCCCCCC[N+](C)(C)Cc1ccccc1CO. The monoisotopic (exact) mass is 278 g/mol. The van der Waals surface area contributed by atoms with Gasteiger partial charge in [0.15, 0.2) is 0 Å². The van der Waals surface area contributed by atoms with Crippen LogP contribution in [0.4, 0.5) is 0 Å². The van der Waals surface area contributed by atoms with Gasteiger partial charge < -0.3 is 9.59 Å². The lowest BCUT2D eigenvalue weighted by Gasteiger charge is -2.30. The van der Waals surface area contributed by atoms with Crippen LogP contribution < -0.4 is 0 Å². The third-order valence-corrected chi connectivity index (χ3v) is 4.00. The number of unbranched alkanes of at least 4 members (excludes halogenated alkanes) is 5. The molecular weight excluding hydrogens is 246 g/mol. The van der Waals surface area contributed by atoms with E-state index in [0.29, 0.717) is 0 Å². The predicted octanol–water partition coefficient (Wildman–Crippen LogP) is 4.12. The zero-order chi connectivity index (χ0) is 14.8. The molecule has 0 unspecified atom stereocenters. The number of benzene rings is 1. The van der Waals surface area contributed by atoms with Crippen LogP contribution in [0, 0.1) is 0 Å². The number of rotatable bonds is 10. The summed E-state index contributed by atoms with van der Waals surface area (Å²) < 4.78 is 1.00. The molecule has 0 aromatic heterocycles. The third-order valence-electron chi connectivity index (χ3n) is 4.00. The highest BCUT2D eigenvalue weighted by atomic mass is 16.3. The van der Waals surface area contributed by atoms with Crippen LogP contribution in [-0.4, -0.2) is 30.2 Å². The lowest BCUT2D eigenvalue weighted by atomic mass is 10.1. The average molecular weight is 278 g/mol. The van der Waals surface area contributed by atoms with E-state index in [2.05, 4.69) is 33.2 Å². The summed E-state index contributed by atoms with van der Waals surface area (Å²) in [6, 6.07) is 8.24. The third kappa shape index (κ3) is 6.53. The molecule has 20 heavy (non-hydrogen) atoms. The van der Waals surface area contributed by atoms with Gasteiger partial charge in [0.25, 0.3) is 0 Å². The predicted molar refractivity (Wildman–Crippen MR) is 86.4 cm³/mol. The number of quaternary nitrogens is 1. The number of aliphatic hydroxyl groups excluding tert-OH is 1. The van der Waals surface area contributed by atoms with Crippen LogP contribution in [0.1, 0.15) is 56.6 Å². The van der Waals surface area contributed by atoms with E-state index in [4.69, 9.17) is 0 Å². The van der Waals surface area contributed by atoms with Crippen molar-refractivity contribution < 1.29 is 9.59 Å². The van der Waals surface area contributed by atoms with E-state index in [-0.39, 0.29) is 6.61 Å². The molecule has 0 fully saturated rings. The topological polar surface area (TPSA) is 20.2 Å². The van der Waals surface area contributed by atoms with Gasteiger partial charge in [-0.25, -0.2) is 0 Å². The van der Waals surface area contributed by atoms with Crippen molar-refractivity contribution in [3.05, 3.63) is 35.4 Å². The first kappa shape index (κ1) is 17.2. The van der Waals surface area contributed by atoms with E-state index in [0.717, 1.165) is 16.6 Å². The van der Waals surface area contributed by atoms with Crippen molar-refractivity contribution in [1.29, 1.82) is 0 Å². The molecule has 0 bridgehead atoms. The van der Waals surface area contributed by atoms with Crippen molar-refractivity contribution >= 4 is 0 Å². The minimum atomic E-state index is 0.146. The van der Waals surface area contributed by atoms with Crippen LogP contribution in [0.2, 0.25) is 0 Å². The molecule has 0 radical (unpaired) electrons. The fourth-order valence-electron chi connectivity index (χ4n) is 2.73. The summed E-state index contributed by atoms with van der Waals surface area (Å²) in [5.41, 5.74) is 2.35. The molecule has 0 spiro atoms. The maximum atomic E-state index is 9.40. The Bertz CT molecular complexity index is 373. The molecular formula is C18H32NO+. The van der Waals surface area contributed by atoms with Crippen LogP contribution in [0.5, 0.6) is 0 Å². The Labute approximate surface area is 125 Å². The first-order chi connectivity index (χ1) is 9.59. The Morgan fingerprint density at radius 3 is 2.15 bits per heavy atom. The van der Waals surface area contributed by atoms with Crippen molar-refractivity contribution in [2.24, 2.45) is 0 Å². The van der Waals surface area contributed by atoms with Crippen LogP contribution in [0.15, 0.2) is 24.3 Å². The van der Waals surface area contributed by atoms with E-state index >= 15 is 0 Å². The number of aliphatic hydroxyl groups is 1. The van der Waals surface area contributed by atoms with E-state index in [1.165, 1.54) is 50.6 Å². The van der Waals surface area contributed by atoms with Gasteiger partial charge >= 0.3 is 0 Å². The first-order valence-corrected chi connectivity index (χ1v) is 8.08. The molecule has 0 aliphatic rings. The summed E-state index contributed by atoms with van der Waals surface area (Å²) >= 11 is 0. The molecule has 1 aromatic rings. The molecule has 0 amide bonds. The summed E-state index contributed by atoms with van der Waals surface area (Å²) in [7, 11) is 4.58. The minimum absolute atomic E-state index is 0.146. The summed E-state index contributed by atoms with van der Waals surface area (Å²) in [5, 5.41) is 9.40. The van der Waals surface area contributed by atoms with Gasteiger partial charge in [-0.3, -0.25) is 0 Å². The standard InChI is InChI=1S/C18H32NO/c1-4-5-6-7-8-11-14-19(2,3)15-17-12-9-10-13-18(17)16-20/h9-10,12-13,20H,4-8,11,14-16H2,1-3H3/q+1. The molecule has 2 heteroatoms. The maximum Gasteiger partial charge on any atom is 0.104 e. The van der Waals surface area contributed by atoms with Gasteiger partial charge in [0.05, 0.1) is 27.2 Å². The Balaban J connectivity index is 2.37. The molecule has 0 atom stereocenters. The van der Waals surface area contributed by atoms with Crippen molar-refractivity contribution in [1.82, 2.24) is 0 Å². The molecule has 1 N–H and O–H groups in total. The van der Waals surface area contributed by atoms with Gasteiger partial charge in [-0.05, 0) is 18.4 Å². The summed E-state index contributed by atoms with van der Waals surface area (Å²) in [6.45, 7) is 4.63. The molecule has 0 aliphatic carbocycles. The van der Waals surface area contributed by atoms with E-state index in [9.17, 15) is 5.11 Å². The maximum absolute atomic E-state index is 9.40. The van der Waals surface area contributed by atoms with Crippen molar-refractivity contribution in [3.8, 4) is 0 Å². The summed E-state index contributed by atoms with van der Waals surface area (Å²) in [6.07, 6.45) is 8.11. The molecule has 0 saturated carbocycles. The van der Waals surface area contributed by atoms with Gasteiger partial charge in [-0.15, -0.1) is 0 Å². The molecule has 0 aliphatic heterocycles. The van der Waals surface area contributed by atoms with E-state index < -0.39 is 0 Å². The number of hydrogen-bond donors (Lipinski definition) is 1. The summed E-state index contributed by atoms with van der Waals surface area (Å²) in [4.78, 5) is 0. The van der Waals surface area contributed by atoms with Gasteiger partial charge in [0.1, 0.15) is 6.54 Å². The minimum Gasteiger partial charge on any atom is -0.392 e. The second-order valence-corrected chi connectivity index (χ2v) is 6.51. The highest BCUT2D eigenvalue weighted by Gasteiger charge is 2.17. The van der Waals surface area contributed by atoms with Crippen LogP contribution >= 0.6 is 0 Å². The largest absolute Gasteiger partial charge is 0.392 e. The Hall–Kier alpha value is -0.860. The molecule has 0 saturated heterocycles. The van der Waals surface area contributed by atoms with E-state index in [1.54, 1.807) is 0 Å². The van der Waals surface area contributed by atoms with Gasteiger partial charge in [-0.2, -0.15) is 0 Å².